The van der Waals surface area contributed by atoms with Crippen molar-refractivity contribution in [2.75, 3.05) is 12.4 Å². The van der Waals surface area contributed by atoms with Crippen LogP contribution in [-0.2, 0) is 0 Å². The molecule has 0 aliphatic carbocycles. The third kappa shape index (κ3) is 2.63. The molecule has 4 heteroatoms. The molecule has 1 N–H and O–H groups in total. The molecule has 110 valence electrons. The number of pyridine rings is 1. The van der Waals surface area contributed by atoms with E-state index in [1.54, 1.807) is 20.1 Å². The summed E-state index contributed by atoms with van der Waals surface area (Å²) in [5.41, 5.74) is 2.21. The number of aromatic nitrogens is 1. The molecule has 1 aromatic heterocycles. The Morgan fingerprint density at radius 1 is 1.09 bits per heavy atom. The molecule has 0 aliphatic rings. The van der Waals surface area contributed by atoms with Crippen molar-refractivity contribution in [1.29, 1.82) is 0 Å². The lowest BCUT2D eigenvalue weighted by Gasteiger charge is -2.12. The number of Topliss-reactive ketones (excluding diaryl/α,β-unsaturated/α-hetero) is 1. The van der Waals surface area contributed by atoms with Gasteiger partial charge in [0.1, 0.15) is 11.6 Å². The van der Waals surface area contributed by atoms with Crippen LogP contribution in [0, 0.1) is 0 Å². The van der Waals surface area contributed by atoms with Gasteiger partial charge in [0.2, 0.25) is 0 Å². The number of hydrogen-bond donors (Lipinski definition) is 1. The maximum atomic E-state index is 11.7. The van der Waals surface area contributed by atoms with E-state index in [0.717, 1.165) is 22.3 Å². The summed E-state index contributed by atoms with van der Waals surface area (Å²) < 4.78 is 5.44. The topological polar surface area (TPSA) is 51.2 Å². The SMILES string of the molecule is COc1cc(Nc2ccccc2C(C)=O)nc2ccccc12. The molecule has 3 aromatic rings. The quantitative estimate of drug-likeness (QED) is 0.733. The highest BCUT2D eigenvalue weighted by Crippen LogP contribution is 2.29. The van der Waals surface area contributed by atoms with Crippen LogP contribution in [0.4, 0.5) is 11.5 Å². The van der Waals surface area contributed by atoms with E-state index < -0.39 is 0 Å². The van der Waals surface area contributed by atoms with E-state index in [-0.39, 0.29) is 5.78 Å². The average molecular weight is 292 g/mol. The fourth-order valence-electron chi connectivity index (χ4n) is 2.41. The zero-order valence-electron chi connectivity index (χ0n) is 12.5. The molecule has 0 fully saturated rings. The van der Waals surface area contributed by atoms with Gasteiger partial charge in [-0.15, -0.1) is 0 Å². The van der Waals surface area contributed by atoms with Crippen molar-refractivity contribution < 1.29 is 9.53 Å². The van der Waals surface area contributed by atoms with Crippen molar-refractivity contribution in [1.82, 2.24) is 4.98 Å². The first-order chi connectivity index (χ1) is 10.7. The van der Waals surface area contributed by atoms with Gasteiger partial charge in [0.05, 0.1) is 18.3 Å². The van der Waals surface area contributed by atoms with Crippen LogP contribution in [-0.4, -0.2) is 17.9 Å². The number of ketones is 1. The molecular weight excluding hydrogens is 276 g/mol. The van der Waals surface area contributed by atoms with Crippen molar-refractivity contribution in [2.45, 2.75) is 6.92 Å². The van der Waals surface area contributed by atoms with Crippen LogP contribution in [0.5, 0.6) is 5.75 Å². The number of para-hydroxylation sites is 2. The predicted molar refractivity (Wildman–Crippen MR) is 88.0 cm³/mol. The zero-order chi connectivity index (χ0) is 15.5. The Morgan fingerprint density at radius 3 is 2.59 bits per heavy atom. The van der Waals surface area contributed by atoms with Gasteiger partial charge in [0.15, 0.2) is 5.78 Å². The molecule has 0 spiro atoms. The van der Waals surface area contributed by atoms with Crippen LogP contribution >= 0.6 is 0 Å². The zero-order valence-corrected chi connectivity index (χ0v) is 12.5. The van der Waals surface area contributed by atoms with Crippen LogP contribution in [0.15, 0.2) is 54.6 Å². The van der Waals surface area contributed by atoms with Gasteiger partial charge in [-0.2, -0.15) is 0 Å². The van der Waals surface area contributed by atoms with Crippen LogP contribution in [0.3, 0.4) is 0 Å². The van der Waals surface area contributed by atoms with Gasteiger partial charge in [0, 0.05) is 17.0 Å². The van der Waals surface area contributed by atoms with Crippen LogP contribution in [0.2, 0.25) is 0 Å². The van der Waals surface area contributed by atoms with Crippen LogP contribution < -0.4 is 10.1 Å². The number of hydrogen-bond acceptors (Lipinski definition) is 4. The second-order valence-corrected chi connectivity index (χ2v) is 4.95. The van der Waals surface area contributed by atoms with Crippen molar-refractivity contribution in [2.24, 2.45) is 0 Å². The number of benzene rings is 2. The largest absolute Gasteiger partial charge is 0.496 e. The van der Waals surface area contributed by atoms with Crippen molar-refractivity contribution in [3.05, 3.63) is 60.2 Å². The van der Waals surface area contributed by atoms with Crippen molar-refractivity contribution in [3.63, 3.8) is 0 Å². The van der Waals surface area contributed by atoms with Gasteiger partial charge in [-0.3, -0.25) is 4.79 Å². The molecule has 1 heterocycles. The molecule has 2 aromatic carbocycles. The lowest BCUT2D eigenvalue weighted by atomic mass is 10.1. The average Bonchev–Trinajstić information content (AvgIpc) is 2.54. The Kier molecular flexibility index (Phi) is 3.74. The number of methoxy groups -OCH3 is 1. The molecule has 22 heavy (non-hydrogen) atoms. The minimum atomic E-state index is 0.0101. The van der Waals surface area contributed by atoms with Gasteiger partial charge in [0.25, 0.3) is 0 Å². The Balaban J connectivity index is 2.06. The summed E-state index contributed by atoms with van der Waals surface area (Å²) in [6.07, 6.45) is 0. The smallest absolute Gasteiger partial charge is 0.161 e. The van der Waals surface area contributed by atoms with Crippen molar-refractivity contribution >= 4 is 28.2 Å². The number of nitrogens with one attached hydrogen (secondary N) is 1. The van der Waals surface area contributed by atoms with Gasteiger partial charge in [-0.05, 0) is 31.2 Å². The second-order valence-electron chi connectivity index (χ2n) is 4.95. The molecule has 0 amide bonds. The van der Waals surface area contributed by atoms with E-state index in [4.69, 9.17) is 4.74 Å². The third-order valence-corrected chi connectivity index (χ3v) is 3.47. The first-order valence-electron chi connectivity index (χ1n) is 7.00. The molecule has 0 saturated carbocycles. The van der Waals surface area contributed by atoms with E-state index in [1.165, 1.54) is 0 Å². The summed E-state index contributed by atoms with van der Waals surface area (Å²) in [6, 6.07) is 17.0. The van der Waals surface area contributed by atoms with Gasteiger partial charge < -0.3 is 10.1 Å². The minimum absolute atomic E-state index is 0.0101. The Morgan fingerprint density at radius 2 is 1.82 bits per heavy atom. The lowest BCUT2D eigenvalue weighted by Crippen LogP contribution is -2.02. The number of carbonyl (C=O) groups excluding carboxylic acids is 1. The summed E-state index contributed by atoms with van der Waals surface area (Å²) in [5.74, 6) is 1.40. The second kappa shape index (κ2) is 5.85. The number of ether oxygens (including phenoxy) is 1. The molecule has 3 rings (SSSR count). The number of nitrogens with zero attached hydrogens (tertiary/aromatic N) is 1. The van der Waals surface area contributed by atoms with E-state index >= 15 is 0 Å². The molecule has 0 aliphatic heterocycles. The highest BCUT2D eigenvalue weighted by molar-refractivity contribution is 6.00. The molecule has 0 bridgehead atoms. The Hall–Kier alpha value is -2.88. The normalized spacial score (nSPS) is 10.5. The fraction of sp³-hybridized carbons (Fsp3) is 0.111. The summed E-state index contributed by atoms with van der Waals surface area (Å²) in [6.45, 7) is 1.55. The summed E-state index contributed by atoms with van der Waals surface area (Å²) >= 11 is 0. The summed E-state index contributed by atoms with van der Waals surface area (Å²) in [7, 11) is 1.63. The Labute approximate surface area is 128 Å². The lowest BCUT2D eigenvalue weighted by molar-refractivity contribution is 0.101. The van der Waals surface area contributed by atoms with E-state index in [9.17, 15) is 4.79 Å². The van der Waals surface area contributed by atoms with E-state index in [2.05, 4.69) is 10.3 Å². The molecule has 0 radical (unpaired) electrons. The minimum Gasteiger partial charge on any atom is -0.496 e. The molecule has 4 nitrogen and oxygen atoms in total. The predicted octanol–water partition coefficient (Wildman–Crippen LogP) is 4.19. The highest BCUT2D eigenvalue weighted by atomic mass is 16.5. The first-order valence-corrected chi connectivity index (χ1v) is 7.00. The van der Waals surface area contributed by atoms with Gasteiger partial charge in [-0.1, -0.05) is 24.3 Å². The number of fused-ring (bicyclic) bond motifs is 1. The molecular formula is C18H16N2O2. The highest BCUT2D eigenvalue weighted by Gasteiger charge is 2.09. The summed E-state index contributed by atoms with van der Waals surface area (Å²) in [4.78, 5) is 16.3. The van der Waals surface area contributed by atoms with Crippen LogP contribution in [0.25, 0.3) is 10.9 Å². The van der Waals surface area contributed by atoms with Gasteiger partial charge in [-0.25, -0.2) is 4.98 Å². The Bertz CT molecular complexity index is 843. The molecule has 0 saturated heterocycles. The standard InChI is InChI=1S/C18H16N2O2/c1-12(21)13-7-3-5-9-15(13)19-18-11-17(22-2)14-8-4-6-10-16(14)20-18/h3-11H,1-2H3,(H,19,20). The van der Waals surface area contributed by atoms with E-state index in [0.29, 0.717) is 11.4 Å². The van der Waals surface area contributed by atoms with E-state index in [1.807, 2.05) is 48.5 Å². The molecule has 0 unspecified atom stereocenters. The van der Waals surface area contributed by atoms with Gasteiger partial charge >= 0.3 is 0 Å². The third-order valence-electron chi connectivity index (χ3n) is 3.47. The fourth-order valence-corrected chi connectivity index (χ4v) is 2.41. The number of carbonyl (C=O) groups is 1. The monoisotopic (exact) mass is 292 g/mol. The first kappa shape index (κ1) is 14.1. The maximum absolute atomic E-state index is 11.7. The van der Waals surface area contributed by atoms with Crippen LogP contribution in [0.1, 0.15) is 17.3 Å². The number of anilines is 2. The molecule has 0 atom stereocenters. The van der Waals surface area contributed by atoms with Crippen molar-refractivity contribution in [3.8, 4) is 5.75 Å². The maximum Gasteiger partial charge on any atom is 0.161 e. The summed E-state index contributed by atoms with van der Waals surface area (Å²) in [5, 5.41) is 4.16. The number of rotatable bonds is 4.